The average molecular weight is 826 g/mol. The minimum absolute atomic E-state index is 0.191. The molecular weight excluding hydrogens is 791 g/mol. The zero-order chi connectivity index (χ0) is 44.7. The molecule has 1 aliphatic carbocycles. The average Bonchev–Trinajstić information content (AvgIpc) is 3.87. The molecule has 1 heterocycles. The summed E-state index contributed by atoms with van der Waals surface area (Å²) in [6.45, 7) is 0. The van der Waals surface area contributed by atoms with E-state index in [4.69, 9.17) is 39.2 Å². The molecule has 296 valence electrons. The summed E-state index contributed by atoms with van der Waals surface area (Å²) in [4.78, 5) is 2.30. The van der Waals surface area contributed by atoms with Gasteiger partial charge in [0.25, 0.3) is 0 Å². The van der Waals surface area contributed by atoms with Gasteiger partial charge in [0, 0.05) is 33.5 Å². The van der Waals surface area contributed by atoms with Gasteiger partial charge in [-0.25, -0.2) is 0 Å². The number of nitrogens with zero attached hydrogens (tertiary/aromatic N) is 2. The molecule has 1 aromatic heterocycles. The summed E-state index contributed by atoms with van der Waals surface area (Å²) >= 11 is 0. The van der Waals surface area contributed by atoms with Crippen molar-refractivity contribution < 1.29 is 0 Å². The smallest absolute Gasteiger partial charge is 0.113 e. The van der Waals surface area contributed by atoms with Gasteiger partial charge < -0.3 is 9.47 Å². The maximum Gasteiger partial charge on any atom is 0.113 e. The van der Waals surface area contributed by atoms with Crippen LogP contribution in [0.25, 0.3) is 60.5 Å². The number of fused-ring (bicyclic) bond motifs is 7. The van der Waals surface area contributed by atoms with Crippen molar-refractivity contribution in [2.24, 2.45) is 0 Å². The Morgan fingerprint density at radius 2 is 0.879 bits per heavy atom. The zero-order valence-electron chi connectivity index (χ0n) is 36.0. The quantitative estimate of drug-likeness (QED) is 0.146. The van der Waals surface area contributed by atoms with Gasteiger partial charge in [-0.05, 0) is 116 Å². The molecule has 0 aliphatic heterocycles. The lowest BCUT2D eigenvalue weighted by molar-refractivity contribution is 0.768. The molecule has 0 N–H and O–H groups in total. The summed E-state index contributed by atoms with van der Waals surface area (Å²) < 4.78 is 2.37. The molecule has 66 heavy (non-hydrogen) atoms. The molecule has 0 amide bonds. The van der Waals surface area contributed by atoms with Gasteiger partial charge in [-0.1, -0.05) is 163 Å². The Morgan fingerprint density at radius 1 is 0.364 bits per heavy atom. The maximum atomic E-state index is 6.56. The first kappa shape index (κ1) is 39.9. The summed E-state index contributed by atoms with van der Waals surface area (Å²) in [5, 5.41) is 4.72. The van der Waals surface area contributed by atoms with Gasteiger partial charge in [0.2, 0.25) is 0 Å². The SMILES string of the molecule is [B]c1c([B])c([B])c(-c2ccc(N(c3ccc(C4(c5ccccc5)c5ccccc5-c5ccccc54)cc3)c3ccc4c(c3)c3ccccc3n4-c3ccc4ccccc4c3)cc2)c([B])c1[B]. The van der Waals surface area contributed by atoms with Gasteiger partial charge in [0.05, 0.1) is 16.4 Å². The lowest BCUT2D eigenvalue weighted by Gasteiger charge is -2.34. The lowest BCUT2D eigenvalue weighted by Crippen LogP contribution is -2.55. The molecule has 0 saturated carbocycles. The highest BCUT2D eigenvalue weighted by Gasteiger charge is 2.45. The van der Waals surface area contributed by atoms with E-state index in [1.165, 1.54) is 49.5 Å². The van der Waals surface area contributed by atoms with Crippen molar-refractivity contribution >= 4 is 116 Å². The second kappa shape index (κ2) is 15.5. The summed E-state index contributed by atoms with van der Waals surface area (Å²) in [7, 11) is 32.0. The third kappa shape index (κ3) is 5.96. The second-order valence-corrected chi connectivity index (χ2v) is 17.2. The van der Waals surface area contributed by atoms with E-state index in [-0.39, 0.29) is 16.4 Å². The fourth-order valence-electron chi connectivity index (χ4n) is 10.7. The van der Waals surface area contributed by atoms with Gasteiger partial charge in [0.15, 0.2) is 0 Å². The van der Waals surface area contributed by atoms with Crippen LogP contribution in [0.15, 0.2) is 212 Å². The second-order valence-electron chi connectivity index (χ2n) is 17.2. The van der Waals surface area contributed by atoms with Crippen LogP contribution in [-0.4, -0.2) is 43.8 Å². The molecule has 0 atom stereocenters. The van der Waals surface area contributed by atoms with E-state index in [2.05, 4.69) is 210 Å². The van der Waals surface area contributed by atoms with Gasteiger partial charge in [-0.15, -0.1) is 16.4 Å². The minimum Gasteiger partial charge on any atom is -0.310 e. The fraction of sp³-hybridized carbons (Fsp3) is 0.0169. The van der Waals surface area contributed by atoms with E-state index in [0.717, 1.165) is 44.7 Å². The zero-order valence-corrected chi connectivity index (χ0v) is 36.0. The van der Waals surface area contributed by atoms with E-state index in [9.17, 15) is 0 Å². The van der Waals surface area contributed by atoms with Crippen LogP contribution in [0, 0.1) is 0 Å². The van der Waals surface area contributed by atoms with Gasteiger partial charge in [0.1, 0.15) is 39.2 Å². The molecule has 0 spiro atoms. The van der Waals surface area contributed by atoms with Crippen LogP contribution < -0.4 is 32.2 Å². The number of hydrogen-bond acceptors (Lipinski definition) is 1. The van der Waals surface area contributed by atoms with Crippen molar-refractivity contribution in [3.05, 3.63) is 235 Å². The first-order valence-electron chi connectivity index (χ1n) is 22.1. The molecule has 10 radical (unpaired) electrons. The molecule has 10 aromatic carbocycles. The Morgan fingerprint density at radius 3 is 1.56 bits per heavy atom. The highest BCUT2D eigenvalue weighted by atomic mass is 15.1. The Hall–Kier alpha value is -7.62. The number of benzene rings is 10. The Bertz CT molecular complexity index is 3630. The van der Waals surface area contributed by atoms with Crippen LogP contribution in [0.1, 0.15) is 22.3 Å². The van der Waals surface area contributed by atoms with Crippen LogP contribution in [0.2, 0.25) is 0 Å². The van der Waals surface area contributed by atoms with Crippen molar-refractivity contribution in [2.45, 2.75) is 5.41 Å². The fourth-order valence-corrected chi connectivity index (χ4v) is 10.7. The molecule has 2 nitrogen and oxygen atoms in total. The van der Waals surface area contributed by atoms with Crippen LogP contribution in [0.5, 0.6) is 0 Å². The summed E-state index contributed by atoms with van der Waals surface area (Å²) in [6.07, 6.45) is 0. The highest BCUT2D eigenvalue weighted by molar-refractivity contribution is 6.68. The molecule has 0 unspecified atom stereocenters. The molecule has 12 rings (SSSR count). The molecule has 11 aromatic rings. The first-order valence-corrected chi connectivity index (χ1v) is 22.1. The molecular formula is C59H35B5N2. The van der Waals surface area contributed by atoms with Gasteiger partial charge in [-0.2, -0.15) is 0 Å². The van der Waals surface area contributed by atoms with E-state index < -0.39 is 5.41 Å². The topological polar surface area (TPSA) is 8.17 Å². The van der Waals surface area contributed by atoms with Crippen molar-refractivity contribution in [3.8, 4) is 27.9 Å². The summed E-state index contributed by atoms with van der Waals surface area (Å²) in [5.41, 5.74) is 15.8. The third-order valence-electron chi connectivity index (χ3n) is 13.7. The predicted molar refractivity (Wildman–Crippen MR) is 283 cm³/mol. The number of rotatable bonds is 7. The number of anilines is 3. The van der Waals surface area contributed by atoms with Crippen LogP contribution in [-0.2, 0) is 5.41 Å². The van der Waals surface area contributed by atoms with E-state index >= 15 is 0 Å². The Kier molecular flexibility index (Phi) is 9.40. The highest BCUT2D eigenvalue weighted by Crippen LogP contribution is 2.56. The molecule has 0 fully saturated rings. The van der Waals surface area contributed by atoms with Crippen molar-refractivity contribution in [1.29, 1.82) is 0 Å². The molecule has 0 bridgehead atoms. The summed E-state index contributed by atoms with van der Waals surface area (Å²) in [6, 6.07) is 76.4. The van der Waals surface area contributed by atoms with Crippen LogP contribution in [0.4, 0.5) is 17.1 Å². The third-order valence-corrected chi connectivity index (χ3v) is 13.7. The number of hydrogen-bond donors (Lipinski definition) is 0. The van der Waals surface area contributed by atoms with Crippen molar-refractivity contribution in [1.82, 2.24) is 4.57 Å². The van der Waals surface area contributed by atoms with E-state index in [1.807, 2.05) is 12.1 Å². The van der Waals surface area contributed by atoms with E-state index in [0.29, 0.717) is 16.5 Å². The normalized spacial score (nSPS) is 12.7. The first-order chi connectivity index (χ1) is 32.3. The Balaban J connectivity index is 1.05. The monoisotopic (exact) mass is 826 g/mol. The maximum absolute atomic E-state index is 6.56. The number of aromatic nitrogens is 1. The van der Waals surface area contributed by atoms with Crippen LogP contribution >= 0.6 is 0 Å². The minimum atomic E-state index is -0.522. The molecule has 0 saturated heterocycles. The number of para-hydroxylation sites is 1. The predicted octanol–water partition coefficient (Wildman–Crippen LogP) is 9.41. The standard InChI is InChI=1S/C59H35B5N2/c60-54-53(55(61)57(63)58(64)56(54)62)37-23-27-41(28-24-37)65(44-32-33-52-48(35-44)47-18-8-11-21-51(47)66(52)43-29-22-36-12-4-5-13-38(36)34-43)42-30-25-40(26-31-42)59(39-14-2-1-3-15-39)49-19-9-6-16-45(49)46-17-7-10-20-50(46)59/h1-35H. The molecule has 1 aliphatic rings. The van der Waals surface area contributed by atoms with Crippen molar-refractivity contribution in [3.63, 3.8) is 0 Å². The lowest BCUT2D eigenvalue weighted by atomic mass is 9.60. The molecule has 7 heteroatoms. The van der Waals surface area contributed by atoms with E-state index in [1.54, 1.807) is 0 Å². The van der Waals surface area contributed by atoms with Crippen LogP contribution in [0.3, 0.4) is 0 Å². The Labute approximate surface area is 391 Å². The summed E-state index contributed by atoms with van der Waals surface area (Å²) in [5.74, 6) is 0. The largest absolute Gasteiger partial charge is 0.310 e. The van der Waals surface area contributed by atoms with Gasteiger partial charge in [-0.3, -0.25) is 0 Å². The van der Waals surface area contributed by atoms with Crippen molar-refractivity contribution in [2.75, 3.05) is 4.90 Å². The van der Waals surface area contributed by atoms with Gasteiger partial charge >= 0.3 is 0 Å².